The van der Waals surface area contributed by atoms with Gasteiger partial charge in [0.25, 0.3) is 5.69 Å². The molecule has 0 atom stereocenters. The Kier molecular flexibility index (Phi) is 3.15. The zero-order chi connectivity index (χ0) is 12.3. The molecular weight excluding hydrogens is 212 g/mol. The van der Waals surface area contributed by atoms with Crippen molar-refractivity contribution in [2.24, 2.45) is 0 Å². The molecule has 0 amide bonds. The highest BCUT2D eigenvalue weighted by molar-refractivity contribution is 5.90. The molecule has 2 aromatic rings. The van der Waals surface area contributed by atoms with Gasteiger partial charge in [-0.3, -0.25) is 0 Å². The summed E-state index contributed by atoms with van der Waals surface area (Å²) in [6.45, 7) is 2.01. The lowest BCUT2D eigenvalue weighted by molar-refractivity contribution is -0.640. The number of benzene rings is 1. The molecule has 0 fully saturated rings. The van der Waals surface area contributed by atoms with Gasteiger partial charge in [0.15, 0.2) is 0 Å². The minimum absolute atomic E-state index is 0.806. The summed E-state index contributed by atoms with van der Waals surface area (Å²) in [5, 5.41) is 2.03. The van der Waals surface area contributed by atoms with E-state index in [0.717, 1.165) is 28.6 Å². The van der Waals surface area contributed by atoms with Gasteiger partial charge in [-0.25, -0.2) is 5.84 Å². The average molecular weight is 227 g/mol. The van der Waals surface area contributed by atoms with Gasteiger partial charge < -0.3 is 4.74 Å². The summed E-state index contributed by atoms with van der Waals surface area (Å²) in [4.78, 5) is 0. The molecule has 0 aliphatic carbocycles. The smallest absolute Gasteiger partial charge is 0.293 e. The van der Waals surface area contributed by atoms with Crippen LogP contribution < -0.4 is 15.3 Å². The summed E-state index contributed by atoms with van der Waals surface area (Å²) in [6.07, 6.45) is 2.60. The number of nitrogens with zero attached hydrogens (tertiary/aromatic N) is 1. The molecule has 0 saturated carbocycles. The molecule has 17 heavy (non-hydrogen) atoms. The number of nitrogens with two attached hydrogens (primary N) is 1. The fourth-order valence-corrected chi connectivity index (χ4v) is 1.77. The van der Waals surface area contributed by atoms with Crippen LogP contribution in [0.15, 0.2) is 30.5 Å². The number of aromatic nitrogens is 1. The van der Waals surface area contributed by atoms with Gasteiger partial charge in [0.05, 0.1) is 12.5 Å². The van der Waals surface area contributed by atoms with E-state index in [1.54, 1.807) is 18.0 Å². The van der Waals surface area contributed by atoms with Crippen molar-refractivity contribution in [2.75, 3.05) is 13.0 Å². The molecule has 0 spiro atoms. The first-order valence-corrected chi connectivity index (χ1v) is 5.53. The third-order valence-electron chi connectivity index (χ3n) is 2.58. The van der Waals surface area contributed by atoms with Gasteiger partial charge in [-0.2, -0.15) is 0 Å². The van der Waals surface area contributed by atoms with Crippen LogP contribution in [0.3, 0.4) is 0 Å². The molecule has 0 unspecified atom stereocenters. The lowest BCUT2D eigenvalue weighted by Gasteiger charge is -2.04. The molecule has 2 rings (SSSR count). The molecular formula is C14H15N2O+. The number of hydrogen-bond donors (Lipinski definition) is 1. The Labute approximate surface area is 101 Å². The number of pyridine rings is 1. The molecule has 1 aromatic carbocycles. The van der Waals surface area contributed by atoms with E-state index < -0.39 is 0 Å². The number of nitrogen functional groups attached to an aromatic ring is 1. The van der Waals surface area contributed by atoms with Crippen LogP contribution in [0.5, 0.6) is 5.75 Å². The Balaban J connectivity index is 2.77. The first kappa shape index (κ1) is 11.3. The third-order valence-corrected chi connectivity index (χ3v) is 2.58. The maximum Gasteiger partial charge on any atom is 0.293 e. The van der Waals surface area contributed by atoms with Gasteiger partial charge in [-0.05, 0) is 12.1 Å². The van der Waals surface area contributed by atoms with Gasteiger partial charge >= 0.3 is 0 Å². The van der Waals surface area contributed by atoms with E-state index in [0.29, 0.717) is 0 Å². The summed E-state index contributed by atoms with van der Waals surface area (Å²) in [5.41, 5.74) is 0.809. The van der Waals surface area contributed by atoms with Crippen LogP contribution in [0.4, 0.5) is 0 Å². The fourth-order valence-electron chi connectivity index (χ4n) is 1.77. The number of hydrogen-bond acceptors (Lipinski definition) is 2. The summed E-state index contributed by atoms with van der Waals surface area (Å²) in [7, 11) is 1.66. The van der Waals surface area contributed by atoms with Crippen molar-refractivity contribution in [3.8, 4) is 17.6 Å². The maximum absolute atomic E-state index is 5.89. The number of fused-ring (bicyclic) bond motifs is 1. The predicted octanol–water partition coefficient (Wildman–Crippen LogP) is 1.61. The number of methoxy groups -OCH3 is 1. The highest BCUT2D eigenvalue weighted by atomic mass is 16.5. The van der Waals surface area contributed by atoms with Crippen molar-refractivity contribution >= 4 is 10.8 Å². The largest absolute Gasteiger partial charge is 0.496 e. The summed E-state index contributed by atoms with van der Waals surface area (Å²) < 4.78 is 6.87. The Bertz CT molecular complexity index is 609. The molecule has 0 radical (unpaired) electrons. The summed E-state index contributed by atoms with van der Waals surface area (Å²) >= 11 is 0. The second-order valence-electron chi connectivity index (χ2n) is 3.65. The van der Waals surface area contributed by atoms with Crippen LogP contribution in [0.25, 0.3) is 10.8 Å². The van der Waals surface area contributed by atoms with Gasteiger partial charge in [0, 0.05) is 23.8 Å². The molecule has 0 aliphatic rings. The molecule has 0 aliphatic heterocycles. The monoisotopic (exact) mass is 227 g/mol. The minimum atomic E-state index is 0.806. The van der Waals surface area contributed by atoms with Crippen molar-refractivity contribution in [3.05, 3.63) is 36.2 Å². The van der Waals surface area contributed by atoms with Crippen molar-refractivity contribution in [1.82, 2.24) is 0 Å². The van der Waals surface area contributed by atoms with Crippen molar-refractivity contribution in [1.29, 1.82) is 0 Å². The van der Waals surface area contributed by atoms with Gasteiger partial charge in [0.2, 0.25) is 6.20 Å². The topological polar surface area (TPSA) is 39.1 Å². The van der Waals surface area contributed by atoms with E-state index >= 15 is 0 Å². The second kappa shape index (κ2) is 4.75. The lowest BCUT2D eigenvalue weighted by Crippen LogP contribution is -2.47. The fraction of sp³-hybridized carbons (Fsp3) is 0.214. The van der Waals surface area contributed by atoms with Crippen LogP contribution in [-0.2, 0) is 0 Å². The summed E-state index contributed by atoms with van der Waals surface area (Å²) in [5.74, 6) is 12.9. The van der Waals surface area contributed by atoms with Gasteiger partial charge in [-0.15, -0.1) is 0 Å². The van der Waals surface area contributed by atoms with E-state index in [1.165, 1.54) is 0 Å². The maximum atomic E-state index is 5.89. The molecule has 3 heteroatoms. The van der Waals surface area contributed by atoms with Crippen LogP contribution >= 0.6 is 0 Å². The molecule has 1 heterocycles. The first-order valence-electron chi connectivity index (χ1n) is 5.53. The Morgan fingerprint density at radius 1 is 1.29 bits per heavy atom. The SMILES string of the molecule is CCC#Cc1c2cccc(OC)c2cc[n+]1N. The molecule has 86 valence electrons. The molecule has 1 aromatic heterocycles. The van der Waals surface area contributed by atoms with Crippen molar-refractivity contribution in [3.63, 3.8) is 0 Å². The van der Waals surface area contributed by atoms with Crippen molar-refractivity contribution < 1.29 is 9.41 Å². The van der Waals surface area contributed by atoms with Crippen LogP contribution in [0.2, 0.25) is 0 Å². The lowest BCUT2D eigenvalue weighted by atomic mass is 10.1. The minimum Gasteiger partial charge on any atom is -0.496 e. The number of rotatable bonds is 1. The van der Waals surface area contributed by atoms with Gasteiger partial charge in [-0.1, -0.05) is 23.6 Å². The predicted molar refractivity (Wildman–Crippen MR) is 68.0 cm³/mol. The summed E-state index contributed by atoms with van der Waals surface area (Å²) in [6, 6.07) is 7.81. The molecule has 0 bridgehead atoms. The van der Waals surface area contributed by atoms with E-state index in [9.17, 15) is 0 Å². The van der Waals surface area contributed by atoms with E-state index in [-0.39, 0.29) is 0 Å². The standard InChI is InChI=1S/C14H15N2O/c1-3-4-7-13-11-6-5-8-14(17-2)12(11)9-10-16(13)15/h5-6,8-10H,3,15H2,1-2H3/q+1. The van der Waals surface area contributed by atoms with Crippen molar-refractivity contribution in [2.45, 2.75) is 13.3 Å². The number of ether oxygens (including phenoxy) is 1. The molecule has 2 N–H and O–H groups in total. The normalized spacial score (nSPS) is 9.76. The third kappa shape index (κ3) is 2.02. The van der Waals surface area contributed by atoms with Crippen LogP contribution in [0.1, 0.15) is 19.0 Å². The molecule has 0 saturated heterocycles. The van der Waals surface area contributed by atoms with E-state index in [2.05, 4.69) is 11.8 Å². The van der Waals surface area contributed by atoms with Crippen LogP contribution in [0, 0.1) is 11.8 Å². The quantitative estimate of drug-likeness (QED) is 0.457. The zero-order valence-electron chi connectivity index (χ0n) is 10.0. The zero-order valence-corrected chi connectivity index (χ0v) is 10.0. The highest BCUT2D eigenvalue weighted by Crippen LogP contribution is 2.25. The van der Waals surface area contributed by atoms with E-state index in [4.69, 9.17) is 10.6 Å². The van der Waals surface area contributed by atoms with E-state index in [1.807, 2.05) is 31.2 Å². The second-order valence-corrected chi connectivity index (χ2v) is 3.65. The Morgan fingerprint density at radius 2 is 2.12 bits per heavy atom. The van der Waals surface area contributed by atoms with Crippen LogP contribution in [-0.4, -0.2) is 7.11 Å². The van der Waals surface area contributed by atoms with Gasteiger partial charge in [0.1, 0.15) is 5.75 Å². The first-order chi connectivity index (χ1) is 8.27. The Hall–Kier alpha value is -2.21. The molecule has 3 nitrogen and oxygen atoms in total. The Morgan fingerprint density at radius 3 is 2.82 bits per heavy atom. The highest BCUT2D eigenvalue weighted by Gasteiger charge is 2.13. The average Bonchev–Trinajstić information content (AvgIpc) is 2.36.